The summed E-state index contributed by atoms with van der Waals surface area (Å²) < 4.78 is 2.35. The first-order valence-corrected chi connectivity index (χ1v) is 14.7. The predicted molar refractivity (Wildman–Crippen MR) is 167 cm³/mol. The maximum Gasteiger partial charge on any atom is 0.209 e. The summed E-state index contributed by atoms with van der Waals surface area (Å²) in [5, 5.41) is 0. The third-order valence-electron chi connectivity index (χ3n) is 8.87. The quantitative estimate of drug-likeness (QED) is 0.254. The van der Waals surface area contributed by atoms with Crippen molar-refractivity contribution in [1.82, 2.24) is 0 Å². The van der Waals surface area contributed by atoms with Gasteiger partial charge in [0.15, 0.2) is 5.71 Å². The highest BCUT2D eigenvalue weighted by molar-refractivity contribution is 6.03. The van der Waals surface area contributed by atoms with Crippen molar-refractivity contribution in [1.29, 1.82) is 0 Å². The highest BCUT2D eigenvalue weighted by Crippen LogP contribution is 2.48. The molecule has 0 aliphatic carbocycles. The molecule has 2 aliphatic heterocycles. The van der Waals surface area contributed by atoms with Gasteiger partial charge in [-0.1, -0.05) is 76.4 Å². The molecule has 0 fully saturated rings. The van der Waals surface area contributed by atoms with Crippen LogP contribution < -0.4 is 4.90 Å². The van der Waals surface area contributed by atoms with Crippen LogP contribution in [-0.2, 0) is 15.6 Å². The zero-order valence-corrected chi connectivity index (χ0v) is 26.0. The molecule has 0 unspecified atom stereocenters. The maximum absolute atomic E-state index is 12.4. The minimum absolute atomic E-state index is 0.0411. The van der Waals surface area contributed by atoms with Crippen LogP contribution in [0.3, 0.4) is 0 Å². The Labute approximate surface area is 237 Å². The number of ketones is 1. The van der Waals surface area contributed by atoms with Gasteiger partial charge >= 0.3 is 0 Å². The van der Waals surface area contributed by atoms with Crippen LogP contribution in [-0.4, -0.2) is 29.7 Å². The molecule has 2 aromatic carbocycles. The van der Waals surface area contributed by atoms with Crippen molar-refractivity contribution in [3.63, 3.8) is 0 Å². The number of anilines is 1. The van der Waals surface area contributed by atoms with E-state index in [0.29, 0.717) is 12.2 Å². The zero-order chi connectivity index (χ0) is 28.8. The molecular formula is C36H49N2O+. The Kier molecular flexibility index (Phi) is 7.87. The smallest absolute Gasteiger partial charge is 0.209 e. The number of benzene rings is 2. The van der Waals surface area contributed by atoms with E-state index in [2.05, 4.69) is 113 Å². The molecule has 0 atom stereocenters. The van der Waals surface area contributed by atoms with Crippen molar-refractivity contribution in [3.05, 3.63) is 82.6 Å². The van der Waals surface area contributed by atoms with Gasteiger partial charge in [-0.3, -0.25) is 4.79 Å². The van der Waals surface area contributed by atoms with E-state index < -0.39 is 0 Å². The number of allylic oxidation sites excluding steroid dienone is 4. The summed E-state index contributed by atoms with van der Waals surface area (Å²) in [5.74, 6) is 0.367. The van der Waals surface area contributed by atoms with E-state index in [0.717, 1.165) is 25.8 Å². The second-order valence-corrected chi connectivity index (χ2v) is 13.8. The topological polar surface area (TPSA) is 23.3 Å². The van der Waals surface area contributed by atoms with E-state index in [1.165, 1.54) is 45.0 Å². The molecule has 0 radical (unpaired) electrons. The zero-order valence-electron chi connectivity index (χ0n) is 26.0. The van der Waals surface area contributed by atoms with Crippen LogP contribution >= 0.6 is 0 Å². The second-order valence-electron chi connectivity index (χ2n) is 13.8. The lowest BCUT2D eigenvalue weighted by molar-refractivity contribution is -0.401. The van der Waals surface area contributed by atoms with E-state index in [4.69, 9.17) is 0 Å². The Balaban J connectivity index is 1.58. The lowest BCUT2D eigenvalue weighted by Gasteiger charge is -2.27. The number of unbranched alkanes of at least 4 members (excludes halogenated alkanes) is 2. The van der Waals surface area contributed by atoms with Crippen molar-refractivity contribution in [3.8, 4) is 0 Å². The summed E-state index contributed by atoms with van der Waals surface area (Å²) in [7, 11) is 2.19. The standard InChI is InChI=1S/C36H49N2O/c1-25-18-20-29-27(23-25)35(6,7)31(37(29)10)15-14-16-32-36(8,9)28-24-26(2)19-21-30(28)38(32)22-13-11-12-17-33(39)34(3,4)5/h14-16,18-21,23-24H,11-13,17,22H2,1-10H3/q+1. The molecule has 0 bridgehead atoms. The highest BCUT2D eigenvalue weighted by atomic mass is 16.1. The Morgan fingerprint density at radius 1 is 0.897 bits per heavy atom. The molecule has 0 saturated carbocycles. The number of carbonyl (C=O) groups is 1. The Morgan fingerprint density at radius 3 is 2.21 bits per heavy atom. The molecule has 3 heteroatoms. The van der Waals surface area contributed by atoms with E-state index in [1.807, 2.05) is 20.8 Å². The number of Topliss-reactive ketones (excluding diaryl/α,β-unsaturated/α-hetero) is 1. The molecule has 0 aromatic heterocycles. The molecule has 3 nitrogen and oxygen atoms in total. The summed E-state index contributed by atoms with van der Waals surface area (Å²) in [6.45, 7) is 20.8. The van der Waals surface area contributed by atoms with Crippen LogP contribution in [0, 0.1) is 19.3 Å². The van der Waals surface area contributed by atoms with Gasteiger partial charge < -0.3 is 4.90 Å². The number of carbonyl (C=O) groups excluding carboxylic acids is 1. The van der Waals surface area contributed by atoms with Gasteiger partial charge in [-0.2, -0.15) is 4.58 Å². The molecule has 0 spiro atoms. The lowest BCUT2D eigenvalue weighted by atomic mass is 9.80. The molecule has 4 rings (SSSR count). The number of aryl methyl sites for hydroxylation is 2. The third-order valence-corrected chi connectivity index (χ3v) is 8.87. The summed E-state index contributed by atoms with van der Waals surface area (Å²) in [6.07, 6.45) is 10.7. The summed E-state index contributed by atoms with van der Waals surface area (Å²) in [6, 6.07) is 13.7. The minimum Gasteiger partial charge on any atom is -0.344 e. The van der Waals surface area contributed by atoms with Crippen molar-refractivity contribution in [2.24, 2.45) is 5.41 Å². The van der Waals surface area contributed by atoms with Crippen molar-refractivity contribution < 1.29 is 9.37 Å². The first-order valence-electron chi connectivity index (χ1n) is 14.7. The summed E-state index contributed by atoms with van der Waals surface area (Å²) >= 11 is 0. The van der Waals surface area contributed by atoms with Gasteiger partial charge in [0, 0.05) is 52.9 Å². The van der Waals surface area contributed by atoms with E-state index in [9.17, 15) is 4.79 Å². The van der Waals surface area contributed by atoms with Crippen LogP contribution in [0.5, 0.6) is 0 Å². The molecule has 0 saturated heterocycles. The first-order chi connectivity index (χ1) is 18.2. The van der Waals surface area contributed by atoms with Gasteiger partial charge in [0.2, 0.25) is 5.69 Å². The Hall–Kier alpha value is -2.94. The number of hydrogen-bond donors (Lipinski definition) is 0. The number of hydrogen-bond acceptors (Lipinski definition) is 2. The van der Waals surface area contributed by atoms with Crippen molar-refractivity contribution in [2.75, 3.05) is 18.5 Å². The van der Waals surface area contributed by atoms with Crippen LogP contribution in [0.4, 0.5) is 11.4 Å². The predicted octanol–water partition coefficient (Wildman–Crippen LogP) is 8.72. The average molecular weight is 526 g/mol. The van der Waals surface area contributed by atoms with Crippen LogP contribution in [0.25, 0.3) is 0 Å². The normalized spacial score (nSPS) is 18.8. The lowest BCUT2D eigenvalue weighted by Crippen LogP contribution is -2.27. The Bertz CT molecular complexity index is 1360. The van der Waals surface area contributed by atoms with E-state index in [1.54, 1.807) is 0 Å². The van der Waals surface area contributed by atoms with Crippen LogP contribution in [0.2, 0.25) is 0 Å². The molecule has 39 heavy (non-hydrogen) atoms. The molecule has 208 valence electrons. The van der Waals surface area contributed by atoms with Gasteiger partial charge in [0.05, 0.1) is 5.41 Å². The molecule has 2 aromatic rings. The van der Waals surface area contributed by atoms with Gasteiger partial charge in [-0.15, -0.1) is 0 Å². The maximum atomic E-state index is 12.4. The van der Waals surface area contributed by atoms with Crippen LogP contribution in [0.1, 0.15) is 96.4 Å². The first kappa shape index (κ1) is 29.1. The molecule has 0 N–H and O–H groups in total. The Morgan fingerprint density at radius 2 is 1.54 bits per heavy atom. The SMILES string of the molecule is Cc1ccc2c(c1)C(C)(C)C(/C=C/C=C1\N(CCCCCC(=O)C(C)(C)C)c3ccc(C)cc3C1(C)C)=[N+]2C. The fourth-order valence-electron chi connectivity index (χ4n) is 6.32. The molecular weight excluding hydrogens is 476 g/mol. The van der Waals surface area contributed by atoms with Gasteiger partial charge in [0.1, 0.15) is 12.8 Å². The number of nitrogens with zero attached hydrogens (tertiary/aromatic N) is 2. The highest BCUT2D eigenvalue weighted by Gasteiger charge is 2.43. The van der Waals surface area contributed by atoms with Gasteiger partial charge in [-0.05, 0) is 64.3 Å². The van der Waals surface area contributed by atoms with Gasteiger partial charge in [-0.25, -0.2) is 0 Å². The van der Waals surface area contributed by atoms with Crippen molar-refractivity contribution >= 4 is 22.9 Å². The van der Waals surface area contributed by atoms with Gasteiger partial charge in [0.25, 0.3) is 0 Å². The summed E-state index contributed by atoms with van der Waals surface area (Å²) in [5.41, 5.74) is 10.3. The third kappa shape index (κ3) is 5.55. The number of rotatable bonds is 8. The number of fused-ring (bicyclic) bond motifs is 2. The van der Waals surface area contributed by atoms with Crippen LogP contribution in [0.15, 0.2) is 60.3 Å². The molecule has 2 aliphatic rings. The molecule has 0 amide bonds. The average Bonchev–Trinajstić information content (AvgIpc) is 3.16. The minimum atomic E-state index is -0.238. The fourth-order valence-corrected chi connectivity index (χ4v) is 6.32. The molecule has 2 heterocycles. The van der Waals surface area contributed by atoms with E-state index in [-0.39, 0.29) is 16.2 Å². The second kappa shape index (κ2) is 10.6. The van der Waals surface area contributed by atoms with E-state index >= 15 is 0 Å². The van der Waals surface area contributed by atoms with Crippen molar-refractivity contribution in [2.45, 2.75) is 98.8 Å². The monoisotopic (exact) mass is 525 g/mol. The summed E-state index contributed by atoms with van der Waals surface area (Å²) in [4.78, 5) is 14.9. The largest absolute Gasteiger partial charge is 0.344 e. The fraction of sp³-hybridized carbons (Fsp3) is 0.500.